The van der Waals surface area contributed by atoms with Crippen LogP contribution in [0.15, 0.2) is 22.8 Å². The van der Waals surface area contributed by atoms with Crippen LogP contribution in [0.5, 0.6) is 0 Å². The van der Waals surface area contributed by atoms with Crippen LogP contribution in [0.4, 0.5) is 8.78 Å². The lowest BCUT2D eigenvalue weighted by Crippen LogP contribution is -2.49. The Morgan fingerprint density at radius 3 is 2.63 bits per heavy atom. The Morgan fingerprint density at radius 2 is 2.04 bits per heavy atom. The van der Waals surface area contributed by atoms with E-state index in [1.54, 1.807) is 11.2 Å². The van der Waals surface area contributed by atoms with E-state index in [0.29, 0.717) is 25.3 Å². The minimum atomic E-state index is -2.74. The van der Waals surface area contributed by atoms with Crippen LogP contribution in [0, 0.1) is 0 Å². The van der Waals surface area contributed by atoms with Crippen LogP contribution >= 0.6 is 11.6 Å². The van der Waals surface area contributed by atoms with Crippen molar-refractivity contribution in [2.75, 3.05) is 26.2 Å². The average Bonchev–Trinajstić information content (AvgIpc) is 3.24. The molecule has 146 valence electrons. The first-order valence-electron chi connectivity index (χ1n) is 9.09. The highest BCUT2D eigenvalue weighted by Crippen LogP contribution is 2.45. The molecular weight excluding hydrogens is 378 g/mol. The monoisotopic (exact) mass is 398 g/mol. The quantitative estimate of drug-likeness (QED) is 0.749. The van der Waals surface area contributed by atoms with Gasteiger partial charge in [0.05, 0.1) is 23.5 Å². The molecule has 6 nitrogen and oxygen atoms in total. The molecule has 0 bridgehead atoms. The number of piperazine rings is 1. The van der Waals surface area contributed by atoms with Crippen molar-refractivity contribution in [3.63, 3.8) is 0 Å². The Kier molecular flexibility index (Phi) is 5.19. The van der Waals surface area contributed by atoms with E-state index >= 15 is 0 Å². The van der Waals surface area contributed by atoms with Gasteiger partial charge in [-0.25, -0.2) is 8.78 Å². The third-order valence-corrected chi connectivity index (χ3v) is 5.48. The summed E-state index contributed by atoms with van der Waals surface area (Å²) < 4.78 is 33.0. The van der Waals surface area contributed by atoms with Crippen molar-refractivity contribution in [3.8, 4) is 0 Å². The number of furan rings is 1. The molecule has 0 atom stereocenters. The molecule has 27 heavy (non-hydrogen) atoms. The van der Waals surface area contributed by atoms with Crippen LogP contribution in [0.2, 0.25) is 5.02 Å². The van der Waals surface area contributed by atoms with Crippen LogP contribution in [0.3, 0.4) is 0 Å². The van der Waals surface area contributed by atoms with Crippen molar-refractivity contribution < 1.29 is 18.0 Å². The molecule has 1 aliphatic heterocycles. The van der Waals surface area contributed by atoms with E-state index in [9.17, 15) is 13.6 Å². The van der Waals surface area contributed by atoms with Gasteiger partial charge < -0.3 is 9.32 Å². The summed E-state index contributed by atoms with van der Waals surface area (Å²) in [6, 6.07) is 3.79. The van der Waals surface area contributed by atoms with Gasteiger partial charge in [0.25, 0.3) is 6.43 Å². The summed E-state index contributed by atoms with van der Waals surface area (Å²) in [6.07, 6.45) is 0.702. The Labute approximate surface area is 160 Å². The molecule has 1 saturated carbocycles. The number of aromatic nitrogens is 2. The topological polar surface area (TPSA) is 54.5 Å². The zero-order chi connectivity index (χ0) is 19.0. The first kappa shape index (κ1) is 18.4. The van der Waals surface area contributed by atoms with Crippen molar-refractivity contribution in [2.45, 2.75) is 38.3 Å². The molecule has 0 N–H and O–H groups in total. The molecule has 1 saturated heterocycles. The smallest absolute Gasteiger partial charge is 0.283 e. The highest BCUT2D eigenvalue weighted by Gasteiger charge is 2.35. The number of rotatable bonds is 6. The zero-order valence-corrected chi connectivity index (χ0v) is 15.5. The molecule has 0 spiro atoms. The number of hydrogen-bond acceptors (Lipinski definition) is 4. The van der Waals surface area contributed by atoms with Gasteiger partial charge in [-0.15, -0.1) is 0 Å². The van der Waals surface area contributed by atoms with Gasteiger partial charge in [-0.2, -0.15) is 5.10 Å². The number of carbonyl (C=O) groups is 1. The predicted octanol–water partition coefficient (Wildman–Crippen LogP) is 3.29. The molecule has 3 heterocycles. The highest BCUT2D eigenvalue weighted by molar-refractivity contribution is 6.32. The van der Waals surface area contributed by atoms with Crippen molar-refractivity contribution in [2.24, 2.45) is 0 Å². The lowest BCUT2D eigenvalue weighted by atomic mass is 10.2. The van der Waals surface area contributed by atoms with Gasteiger partial charge in [0.15, 0.2) is 0 Å². The fourth-order valence-electron chi connectivity index (χ4n) is 3.49. The van der Waals surface area contributed by atoms with Gasteiger partial charge in [-0.1, -0.05) is 11.6 Å². The third kappa shape index (κ3) is 4.01. The molecule has 2 fully saturated rings. The molecule has 9 heteroatoms. The minimum Gasteiger partial charge on any atom is -0.468 e. The highest BCUT2D eigenvalue weighted by atomic mass is 35.5. The molecule has 1 aliphatic carbocycles. The zero-order valence-electron chi connectivity index (χ0n) is 14.8. The van der Waals surface area contributed by atoms with Gasteiger partial charge in [-0.3, -0.25) is 14.4 Å². The lowest BCUT2D eigenvalue weighted by molar-refractivity contribution is -0.133. The number of hydrogen-bond donors (Lipinski definition) is 0. The van der Waals surface area contributed by atoms with E-state index in [2.05, 4.69) is 10.00 Å². The van der Waals surface area contributed by atoms with Crippen LogP contribution < -0.4 is 0 Å². The number of carbonyl (C=O) groups excluding carboxylic acids is 1. The van der Waals surface area contributed by atoms with Gasteiger partial charge >= 0.3 is 0 Å². The van der Waals surface area contributed by atoms with Crippen LogP contribution in [0.1, 0.15) is 42.3 Å². The van der Waals surface area contributed by atoms with Gasteiger partial charge in [-0.05, 0) is 25.0 Å². The minimum absolute atomic E-state index is 0.0172. The summed E-state index contributed by atoms with van der Waals surface area (Å²) in [4.78, 5) is 16.7. The van der Waals surface area contributed by atoms with Crippen molar-refractivity contribution >= 4 is 17.5 Å². The fourth-order valence-corrected chi connectivity index (χ4v) is 3.86. The molecule has 2 aromatic heterocycles. The van der Waals surface area contributed by atoms with E-state index in [-0.39, 0.29) is 23.4 Å². The average molecular weight is 399 g/mol. The van der Waals surface area contributed by atoms with E-state index in [1.165, 1.54) is 4.68 Å². The molecule has 0 unspecified atom stereocenters. The van der Waals surface area contributed by atoms with E-state index in [1.807, 2.05) is 12.1 Å². The number of alkyl halides is 2. The fraction of sp³-hybridized carbons (Fsp3) is 0.556. The Morgan fingerprint density at radius 1 is 1.30 bits per heavy atom. The van der Waals surface area contributed by atoms with E-state index in [4.69, 9.17) is 16.0 Å². The first-order chi connectivity index (χ1) is 13.0. The molecule has 4 rings (SSSR count). The first-order valence-corrected chi connectivity index (χ1v) is 9.47. The maximum atomic E-state index is 13.1. The van der Waals surface area contributed by atoms with Crippen LogP contribution in [0.25, 0.3) is 0 Å². The predicted molar refractivity (Wildman–Crippen MR) is 94.7 cm³/mol. The molecule has 1 amide bonds. The SMILES string of the molecule is O=C(Cn1nc(C(F)F)c(Cl)c1C1CC1)N1CCN(Cc2ccco2)CC1. The second kappa shape index (κ2) is 7.59. The third-order valence-electron chi connectivity index (χ3n) is 5.10. The number of amides is 1. The normalized spacial score (nSPS) is 18.4. The van der Waals surface area contributed by atoms with Crippen molar-refractivity contribution in [1.29, 1.82) is 0 Å². The standard InChI is InChI=1S/C18H21ClF2N4O2/c19-15-16(18(20)21)22-25(17(15)12-3-4-12)11-14(26)24-7-5-23(6-8-24)10-13-2-1-9-27-13/h1-2,9,12,18H,3-8,10-11H2. The summed E-state index contributed by atoms with van der Waals surface area (Å²) >= 11 is 6.11. The molecule has 0 aromatic carbocycles. The van der Waals surface area contributed by atoms with Crippen molar-refractivity contribution in [3.05, 3.63) is 40.6 Å². The Balaban J connectivity index is 1.38. The van der Waals surface area contributed by atoms with Gasteiger partial charge in [0.1, 0.15) is 18.0 Å². The summed E-state index contributed by atoms with van der Waals surface area (Å²) in [5.41, 5.74) is 0.159. The lowest BCUT2D eigenvalue weighted by Gasteiger charge is -2.34. The summed E-state index contributed by atoms with van der Waals surface area (Å²) in [5.74, 6) is 0.916. The van der Waals surface area contributed by atoms with Crippen LogP contribution in [-0.4, -0.2) is 51.7 Å². The maximum Gasteiger partial charge on any atom is 0.283 e. The van der Waals surface area contributed by atoms with Crippen LogP contribution in [-0.2, 0) is 17.9 Å². The molecule has 2 aliphatic rings. The summed E-state index contributed by atoms with van der Waals surface area (Å²) in [5, 5.41) is 3.95. The molecule has 0 radical (unpaired) electrons. The Hall–Kier alpha value is -1.93. The summed E-state index contributed by atoms with van der Waals surface area (Å²) in [6.45, 7) is 3.34. The van der Waals surface area contributed by atoms with Gasteiger partial charge in [0.2, 0.25) is 5.91 Å². The molecule has 2 aromatic rings. The van der Waals surface area contributed by atoms with E-state index in [0.717, 1.165) is 31.7 Å². The summed E-state index contributed by atoms with van der Waals surface area (Å²) in [7, 11) is 0. The largest absolute Gasteiger partial charge is 0.468 e. The molecular formula is C18H21ClF2N4O2. The maximum absolute atomic E-state index is 13.1. The van der Waals surface area contributed by atoms with E-state index < -0.39 is 12.1 Å². The Bertz CT molecular complexity index is 797. The second-order valence-electron chi connectivity index (χ2n) is 7.05. The number of halogens is 3. The van der Waals surface area contributed by atoms with Gasteiger partial charge in [0, 0.05) is 32.1 Å². The second-order valence-corrected chi connectivity index (χ2v) is 7.43. The number of nitrogens with zero attached hydrogens (tertiary/aromatic N) is 4. The van der Waals surface area contributed by atoms with Crippen molar-refractivity contribution in [1.82, 2.24) is 19.6 Å².